The maximum atomic E-state index is 12.3. The zero-order chi connectivity index (χ0) is 17.1. The van der Waals surface area contributed by atoms with E-state index < -0.39 is 0 Å². The topological polar surface area (TPSA) is 72.4 Å². The van der Waals surface area contributed by atoms with Gasteiger partial charge < -0.3 is 13.7 Å². The van der Waals surface area contributed by atoms with Crippen molar-refractivity contribution in [2.24, 2.45) is 0 Å². The number of amides is 1. The van der Waals surface area contributed by atoms with Crippen LogP contribution in [-0.4, -0.2) is 34.1 Å². The Hall–Kier alpha value is -2.54. The molecular weight excluding hydrogens is 338 g/mol. The van der Waals surface area contributed by atoms with Gasteiger partial charge in [-0.05, 0) is 42.7 Å². The van der Waals surface area contributed by atoms with Gasteiger partial charge in [-0.3, -0.25) is 4.79 Å². The van der Waals surface area contributed by atoms with E-state index in [0.717, 1.165) is 37.1 Å². The van der Waals surface area contributed by atoms with Crippen molar-refractivity contribution in [2.75, 3.05) is 13.1 Å². The van der Waals surface area contributed by atoms with Crippen LogP contribution in [0.4, 0.5) is 0 Å². The number of furan rings is 1. The first-order chi connectivity index (χ1) is 12.3. The smallest absolute Gasteiger partial charge is 0.284 e. The highest BCUT2D eigenvalue weighted by molar-refractivity contribution is 7.98. The van der Waals surface area contributed by atoms with E-state index in [0.29, 0.717) is 22.6 Å². The standard InChI is InChI=1S/C18H17N3O3S/c22-17(21-9-1-2-10-21)14-7-5-13(6-8-14)12-25-18-20-19-16(24-18)15-4-3-11-23-15/h3-8,11H,1-2,9-10,12H2. The van der Waals surface area contributed by atoms with Gasteiger partial charge in [0.15, 0.2) is 5.76 Å². The van der Waals surface area contributed by atoms with Gasteiger partial charge in [-0.25, -0.2) is 0 Å². The lowest BCUT2D eigenvalue weighted by molar-refractivity contribution is 0.0793. The minimum Gasteiger partial charge on any atom is -0.459 e. The number of nitrogens with zero attached hydrogens (tertiary/aromatic N) is 3. The van der Waals surface area contributed by atoms with E-state index in [2.05, 4.69) is 10.2 Å². The fourth-order valence-corrected chi connectivity index (χ4v) is 3.48. The minimum atomic E-state index is 0.122. The monoisotopic (exact) mass is 355 g/mol. The molecule has 7 heteroatoms. The minimum absolute atomic E-state index is 0.122. The van der Waals surface area contributed by atoms with Gasteiger partial charge in [0.2, 0.25) is 0 Å². The predicted octanol–water partition coefficient (Wildman–Crippen LogP) is 3.86. The number of thioether (sulfide) groups is 1. The van der Waals surface area contributed by atoms with Crippen LogP contribution in [0.3, 0.4) is 0 Å². The SMILES string of the molecule is O=C(c1ccc(CSc2nnc(-c3ccco3)o2)cc1)N1CCCC1. The number of hydrogen-bond donors (Lipinski definition) is 0. The van der Waals surface area contributed by atoms with Crippen molar-refractivity contribution in [3.8, 4) is 11.7 Å². The Kier molecular flexibility index (Phi) is 4.56. The average Bonchev–Trinajstić information content (AvgIpc) is 3.42. The number of aromatic nitrogens is 2. The van der Waals surface area contributed by atoms with E-state index in [1.807, 2.05) is 29.2 Å². The summed E-state index contributed by atoms with van der Waals surface area (Å²) in [6, 6.07) is 11.3. The molecule has 3 aromatic rings. The molecule has 1 aliphatic heterocycles. The van der Waals surface area contributed by atoms with Crippen LogP contribution in [0, 0.1) is 0 Å². The summed E-state index contributed by atoms with van der Waals surface area (Å²) in [5, 5.41) is 8.47. The van der Waals surface area contributed by atoms with Crippen molar-refractivity contribution in [1.29, 1.82) is 0 Å². The maximum absolute atomic E-state index is 12.3. The molecule has 0 spiro atoms. The molecule has 3 heterocycles. The number of benzene rings is 1. The molecule has 0 unspecified atom stereocenters. The largest absolute Gasteiger partial charge is 0.459 e. The van der Waals surface area contributed by atoms with Crippen LogP contribution in [0.1, 0.15) is 28.8 Å². The summed E-state index contributed by atoms with van der Waals surface area (Å²) in [6.07, 6.45) is 3.77. The fraction of sp³-hybridized carbons (Fsp3) is 0.278. The Labute approximate surface area is 149 Å². The molecule has 4 rings (SSSR count). The second kappa shape index (κ2) is 7.14. The third-order valence-corrected chi connectivity index (χ3v) is 4.98. The first-order valence-corrected chi connectivity index (χ1v) is 9.16. The molecule has 0 saturated carbocycles. The van der Waals surface area contributed by atoms with Gasteiger partial charge in [0.05, 0.1) is 6.26 Å². The van der Waals surface area contributed by atoms with Crippen molar-refractivity contribution in [2.45, 2.75) is 23.8 Å². The first-order valence-electron chi connectivity index (χ1n) is 8.18. The Morgan fingerprint density at radius 1 is 1.12 bits per heavy atom. The third-order valence-electron chi connectivity index (χ3n) is 4.09. The van der Waals surface area contributed by atoms with Crippen LogP contribution in [0.5, 0.6) is 0 Å². The van der Waals surface area contributed by atoms with Crippen molar-refractivity contribution in [3.05, 3.63) is 53.8 Å². The van der Waals surface area contributed by atoms with Crippen LogP contribution >= 0.6 is 11.8 Å². The van der Waals surface area contributed by atoms with Gasteiger partial charge in [-0.2, -0.15) is 0 Å². The van der Waals surface area contributed by atoms with Gasteiger partial charge in [0.1, 0.15) is 0 Å². The van der Waals surface area contributed by atoms with Gasteiger partial charge in [-0.1, -0.05) is 23.9 Å². The second-order valence-corrected chi connectivity index (χ2v) is 6.76. The highest BCUT2D eigenvalue weighted by Gasteiger charge is 2.19. The average molecular weight is 355 g/mol. The lowest BCUT2D eigenvalue weighted by Gasteiger charge is -2.15. The highest BCUT2D eigenvalue weighted by Crippen LogP contribution is 2.26. The molecule has 1 aliphatic rings. The molecule has 0 N–H and O–H groups in total. The summed E-state index contributed by atoms with van der Waals surface area (Å²) < 4.78 is 10.8. The Balaban J connectivity index is 1.36. The van der Waals surface area contributed by atoms with E-state index in [9.17, 15) is 4.79 Å². The number of hydrogen-bond acceptors (Lipinski definition) is 6. The van der Waals surface area contributed by atoms with Crippen molar-refractivity contribution in [3.63, 3.8) is 0 Å². The van der Waals surface area contributed by atoms with Crippen LogP contribution in [0.25, 0.3) is 11.7 Å². The number of likely N-dealkylation sites (tertiary alicyclic amines) is 1. The number of rotatable bonds is 5. The molecule has 1 saturated heterocycles. The Morgan fingerprint density at radius 2 is 1.92 bits per heavy atom. The summed E-state index contributed by atoms with van der Waals surface area (Å²) in [5.74, 6) is 1.75. The first kappa shape index (κ1) is 16.0. The van der Waals surface area contributed by atoms with Crippen molar-refractivity contribution < 1.29 is 13.6 Å². The van der Waals surface area contributed by atoms with Gasteiger partial charge in [0.25, 0.3) is 17.0 Å². The molecule has 128 valence electrons. The van der Waals surface area contributed by atoms with Crippen LogP contribution < -0.4 is 0 Å². The summed E-state index contributed by atoms with van der Waals surface area (Å²) >= 11 is 1.45. The van der Waals surface area contributed by atoms with Crippen LogP contribution in [-0.2, 0) is 5.75 Å². The van der Waals surface area contributed by atoms with E-state index in [-0.39, 0.29) is 5.91 Å². The van der Waals surface area contributed by atoms with Crippen LogP contribution in [0.2, 0.25) is 0 Å². The van der Waals surface area contributed by atoms with Crippen LogP contribution in [0.15, 0.2) is 56.7 Å². The summed E-state index contributed by atoms with van der Waals surface area (Å²) in [5.41, 5.74) is 1.84. The molecule has 0 atom stereocenters. The van der Waals surface area contributed by atoms with Gasteiger partial charge in [-0.15, -0.1) is 10.2 Å². The summed E-state index contributed by atoms with van der Waals surface area (Å²) in [6.45, 7) is 1.73. The van der Waals surface area contributed by atoms with E-state index in [4.69, 9.17) is 8.83 Å². The molecule has 2 aromatic heterocycles. The molecule has 1 amide bonds. The molecule has 1 fully saturated rings. The van der Waals surface area contributed by atoms with E-state index >= 15 is 0 Å². The molecule has 25 heavy (non-hydrogen) atoms. The molecular formula is C18H17N3O3S. The van der Waals surface area contributed by atoms with Crippen molar-refractivity contribution >= 4 is 17.7 Å². The quantitative estimate of drug-likeness (QED) is 0.647. The van der Waals surface area contributed by atoms with Gasteiger partial charge in [0, 0.05) is 24.4 Å². The third kappa shape index (κ3) is 3.61. The predicted molar refractivity (Wildman–Crippen MR) is 93.1 cm³/mol. The van der Waals surface area contributed by atoms with E-state index in [1.165, 1.54) is 11.8 Å². The van der Waals surface area contributed by atoms with Gasteiger partial charge >= 0.3 is 0 Å². The lowest BCUT2D eigenvalue weighted by Crippen LogP contribution is -2.27. The Morgan fingerprint density at radius 3 is 2.64 bits per heavy atom. The highest BCUT2D eigenvalue weighted by atomic mass is 32.2. The fourth-order valence-electron chi connectivity index (χ4n) is 2.76. The molecule has 0 bridgehead atoms. The lowest BCUT2D eigenvalue weighted by atomic mass is 10.1. The molecule has 0 radical (unpaired) electrons. The molecule has 1 aromatic carbocycles. The summed E-state index contributed by atoms with van der Waals surface area (Å²) in [7, 11) is 0. The zero-order valence-corrected chi connectivity index (χ0v) is 14.4. The Bertz CT molecular complexity index is 837. The normalized spacial score (nSPS) is 14.2. The number of carbonyl (C=O) groups excluding carboxylic acids is 1. The second-order valence-electron chi connectivity index (χ2n) is 5.84. The number of carbonyl (C=O) groups is 1. The maximum Gasteiger partial charge on any atom is 0.284 e. The molecule has 6 nitrogen and oxygen atoms in total. The molecule has 0 aliphatic carbocycles. The van der Waals surface area contributed by atoms with Crippen molar-refractivity contribution in [1.82, 2.24) is 15.1 Å². The summed E-state index contributed by atoms with van der Waals surface area (Å²) in [4.78, 5) is 14.2. The zero-order valence-electron chi connectivity index (χ0n) is 13.6. The van der Waals surface area contributed by atoms with E-state index in [1.54, 1.807) is 18.4 Å².